The number of imidazole rings is 1. The van der Waals surface area contributed by atoms with Crippen LogP contribution in [-0.2, 0) is 6.54 Å². The molecule has 0 atom stereocenters. The van der Waals surface area contributed by atoms with Crippen LogP contribution in [0.3, 0.4) is 0 Å². The zero-order chi connectivity index (χ0) is 26.0. The van der Waals surface area contributed by atoms with Gasteiger partial charge in [0.05, 0.1) is 11.4 Å². The van der Waals surface area contributed by atoms with Gasteiger partial charge in [0.15, 0.2) is 5.82 Å². The van der Waals surface area contributed by atoms with Crippen LogP contribution >= 0.6 is 0 Å². The summed E-state index contributed by atoms with van der Waals surface area (Å²) in [6.07, 6.45) is 5.75. The Labute approximate surface area is 227 Å². The Hall–Kier alpha value is -4.56. The number of nitrogens with one attached hydrogen (secondary N) is 2. The summed E-state index contributed by atoms with van der Waals surface area (Å²) in [5.74, 6) is 1.09. The van der Waals surface area contributed by atoms with Crippen molar-refractivity contribution in [3.05, 3.63) is 103 Å². The molecular formula is C31H29N8. The number of hydrogen-bond acceptors (Lipinski definition) is 7. The molecule has 193 valence electrons. The predicted molar refractivity (Wildman–Crippen MR) is 153 cm³/mol. The fourth-order valence-corrected chi connectivity index (χ4v) is 5.52. The van der Waals surface area contributed by atoms with E-state index in [-0.39, 0.29) is 0 Å². The largest absolute Gasteiger partial charge is 0.360 e. The summed E-state index contributed by atoms with van der Waals surface area (Å²) < 4.78 is 0. The van der Waals surface area contributed by atoms with Crippen LogP contribution < -0.4 is 10.2 Å². The summed E-state index contributed by atoms with van der Waals surface area (Å²) in [7, 11) is 0. The Morgan fingerprint density at radius 3 is 2.36 bits per heavy atom. The highest BCUT2D eigenvalue weighted by Gasteiger charge is 2.29. The van der Waals surface area contributed by atoms with Crippen molar-refractivity contribution in [3.8, 4) is 34.2 Å². The van der Waals surface area contributed by atoms with Crippen LogP contribution in [0.25, 0.3) is 34.2 Å². The van der Waals surface area contributed by atoms with Gasteiger partial charge in [-0.1, -0.05) is 66.7 Å². The number of fused-ring (bicyclic) bond motifs is 1. The SMILES string of the molecule is [CH]1Nc2ccccc2N1C1CCN(Cc2ccc(-c3nc(-c4ncc[nH]4)nnc3-c3ccccc3)cc2)CC1. The first-order valence-corrected chi connectivity index (χ1v) is 13.4. The van der Waals surface area contributed by atoms with E-state index in [4.69, 9.17) is 4.98 Å². The molecule has 2 aromatic heterocycles. The van der Waals surface area contributed by atoms with E-state index in [1.165, 1.54) is 16.9 Å². The Morgan fingerprint density at radius 2 is 1.56 bits per heavy atom. The first-order valence-electron chi connectivity index (χ1n) is 13.4. The lowest BCUT2D eigenvalue weighted by atomic mass is 10.0. The molecule has 3 aromatic carbocycles. The number of hydrogen-bond donors (Lipinski definition) is 2. The number of likely N-dealkylation sites (tertiary alicyclic amines) is 1. The van der Waals surface area contributed by atoms with Gasteiger partial charge in [0.25, 0.3) is 0 Å². The maximum Gasteiger partial charge on any atom is 0.218 e. The van der Waals surface area contributed by atoms with Crippen molar-refractivity contribution in [2.45, 2.75) is 25.4 Å². The molecule has 0 amide bonds. The lowest BCUT2D eigenvalue weighted by Gasteiger charge is -2.37. The summed E-state index contributed by atoms with van der Waals surface area (Å²) >= 11 is 0. The molecule has 0 spiro atoms. The van der Waals surface area contributed by atoms with Crippen LogP contribution in [0.1, 0.15) is 18.4 Å². The van der Waals surface area contributed by atoms with Gasteiger partial charge in [-0.3, -0.25) is 4.90 Å². The number of para-hydroxylation sites is 2. The fourth-order valence-electron chi connectivity index (χ4n) is 5.52. The number of aromatic amines is 1. The molecule has 7 rings (SSSR count). The smallest absolute Gasteiger partial charge is 0.218 e. The number of nitrogens with zero attached hydrogens (tertiary/aromatic N) is 6. The lowest BCUT2D eigenvalue weighted by Crippen LogP contribution is -2.43. The van der Waals surface area contributed by atoms with E-state index in [9.17, 15) is 0 Å². The average Bonchev–Trinajstić information content (AvgIpc) is 3.69. The van der Waals surface area contributed by atoms with Gasteiger partial charge in [-0.25, -0.2) is 9.97 Å². The van der Waals surface area contributed by atoms with Gasteiger partial charge in [0, 0.05) is 49.2 Å². The van der Waals surface area contributed by atoms with Crippen LogP contribution in [0.4, 0.5) is 11.4 Å². The maximum atomic E-state index is 4.88. The second-order valence-corrected chi connectivity index (χ2v) is 10.0. The second kappa shape index (κ2) is 10.3. The first kappa shape index (κ1) is 23.5. The summed E-state index contributed by atoms with van der Waals surface area (Å²) in [6, 6.07) is 27.9. The van der Waals surface area contributed by atoms with Gasteiger partial charge in [0.2, 0.25) is 5.82 Å². The molecule has 2 aliphatic rings. The molecule has 2 N–H and O–H groups in total. The highest BCUT2D eigenvalue weighted by atomic mass is 15.3. The van der Waals surface area contributed by atoms with Gasteiger partial charge in [-0.05, 0) is 30.5 Å². The third kappa shape index (κ3) is 4.75. The molecule has 8 nitrogen and oxygen atoms in total. The van der Waals surface area contributed by atoms with E-state index in [0.717, 1.165) is 55.0 Å². The van der Waals surface area contributed by atoms with E-state index >= 15 is 0 Å². The van der Waals surface area contributed by atoms with Crippen LogP contribution in [0.15, 0.2) is 91.3 Å². The van der Waals surface area contributed by atoms with Crippen molar-refractivity contribution in [1.29, 1.82) is 0 Å². The molecule has 4 heterocycles. The molecule has 2 aliphatic heterocycles. The zero-order valence-electron chi connectivity index (χ0n) is 21.5. The molecule has 8 heteroatoms. The third-order valence-electron chi connectivity index (χ3n) is 7.57. The molecule has 0 unspecified atom stereocenters. The molecule has 1 fully saturated rings. The topological polar surface area (TPSA) is 85.9 Å². The van der Waals surface area contributed by atoms with Gasteiger partial charge in [-0.15, -0.1) is 10.2 Å². The van der Waals surface area contributed by atoms with E-state index < -0.39 is 0 Å². The number of anilines is 2. The Balaban J connectivity index is 1.07. The standard InChI is InChI=1S/C31H29N8/c1-2-6-23(7-3-1)29-28(35-31(37-36-29)30-32-16-17-33-30)24-12-10-22(11-13-24)20-38-18-14-25(15-19-38)39-21-34-26-8-4-5-9-27(26)39/h1-13,16-17,21,25,34H,14-15,18-20H2,(H,32,33). The van der Waals surface area contributed by atoms with Crippen molar-refractivity contribution >= 4 is 11.4 Å². The van der Waals surface area contributed by atoms with Crippen molar-refractivity contribution in [3.63, 3.8) is 0 Å². The number of piperidine rings is 1. The molecule has 1 radical (unpaired) electrons. The molecular weight excluding hydrogens is 484 g/mol. The lowest BCUT2D eigenvalue weighted by molar-refractivity contribution is 0.204. The third-order valence-corrected chi connectivity index (χ3v) is 7.57. The van der Waals surface area contributed by atoms with Crippen molar-refractivity contribution < 1.29 is 0 Å². The first-order chi connectivity index (χ1) is 19.3. The molecule has 39 heavy (non-hydrogen) atoms. The Bertz CT molecular complexity index is 1540. The highest BCUT2D eigenvalue weighted by Crippen LogP contribution is 2.36. The fraction of sp³-hybridized carbons (Fsp3) is 0.194. The number of aromatic nitrogens is 5. The highest BCUT2D eigenvalue weighted by molar-refractivity contribution is 5.79. The van der Waals surface area contributed by atoms with Gasteiger partial charge in [-0.2, -0.15) is 0 Å². The zero-order valence-corrected chi connectivity index (χ0v) is 21.5. The van der Waals surface area contributed by atoms with Crippen LogP contribution in [0.5, 0.6) is 0 Å². The monoisotopic (exact) mass is 513 g/mol. The minimum Gasteiger partial charge on any atom is -0.360 e. The quantitative estimate of drug-likeness (QED) is 0.305. The van der Waals surface area contributed by atoms with Crippen LogP contribution in [0, 0.1) is 6.67 Å². The summed E-state index contributed by atoms with van der Waals surface area (Å²) in [5, 5.41) is 12.3. The minimum atomic E-state index is 0.481. The summed E-state index contributed by atoms with van der Waals surface area (Å²) in [4.78, 5) is 17.2. The molecule has 0 bridgehead atoms. The van der Waals surface area contributed by atoms with Crippen molar-refractivity contribution in [1.82, 2.24) is 30.0 Å². The van der Waals surface area contributed by atoms with E-state index in [1.54, 1.807) is 12.4 Å². The van der Waals surface area contributed by atoms with Gasteiger partial charge < -0.3 is 15.2 Å². The van der Waals surface area contributed by atoms with Crippen LogP contribution in [-0.4, -0.2) is 49.2 Å². The second-order valence-electron chi connectivity index (χ2n) is 10.0. The van der Waals surface area contributed by atoms with E-state index in [1.807, 2.05) is 30.3 Å². The van der Waals surface area contributed by atoms with Crippen molar-refractivity contribution in [2.75, 3.05) is 23.3 Å². The molecule has 0 aliphatic carbocycles. The van der Waals surface area contributed by atoms with Crippen LogP contribution in [0.2, 0.25) is 0 Å². The van der Waals surface area contributed by atoms with Gasteiger partial charge in [0.1, 0.15) is 18.1 Å². The van der Waals surface area contributed by atoms with Gasteiger partial charge >= 0.3 is 0 Å². The Morgan fingerprint density at radius 1 is 0.795 bits per heavy atom. The molecule has 1 saturated heterocycles. The molecule has 5 aromatic rings. The number of benzene rings is 3. The Kier molecular flexibility index (Phi) is 6.22. The average molecular weight is 514 g/mol. The number of H-pyrrole nitrogens is 1. The molecule has 0 saturated carbocycles. The van der Waals surface area contributed by atoms with E-state index in [0.29, 0.717) is 17.7 Å². The summed E-state index contributed by atoms with van der Waals surface area (Å²) in [6.45, 7) is 5.24. The normalized spacial score (nSPS) is 15.7. The van der Waals surface area contributed by atoms with Crippen molar-refractivity contribution in [2.24, 2.45) is 0 Å². The number of rotatable bonds is 6. The van der Waals surface area contributed by atoms with E-state index in [2.05, 4.69) is 90.5 Å². The maximum absolute atomic E-state index is 4.88. The predicted octanol–water partition coefficient (Wildman–Crippen LogP) is 5.61. The summed E-state index contributed by atoms with van der Waals surface area (Å²) in [5.41, 5.74) is 7.34. The minimum absolute atomic E-state index is 0.481.